The molecule has 1 aromatic heterocycles. The van der Waals surface area contributed by atoms with Crippen molar-refractivity contribution in [3.8, 4) is 0 Å². The van der Waals surface area contributed by atoms with Gasteiger partial charge in [-0.05, 0) is 38.1 Å². The van der Waals surface area contributed by atoms with Crippen LogP contribution in [0.15, 0.2) is 28.7 Å². The van der Waals surface area contributed by atoms with Gasteiger partial charge >= 0.3 is 0 Å². The number of anilines is 1. The third kappa shape index (κ3) is 3.35. The zero-order valence-electron chi connectivity index (χ0n) is 10.4. The molecule has 1 N–H and O–H groups in total. The normalized spacial score (nSPS) is 10.3. The molecule has 0 saturated carbocycles. The van der Waals surface area contributed by atoms with Gasteiger partial charge in [0, 0.05) is 15.9 Å². The highest BCUT2D eigenvalue weighted by Crippen LogP contribution is 2.16. The van der Waals surface area contributed by atoms with E-state index in [4.69, 9.17) is 0 Å². The summed E-state index contributed by atoms with van der Waals surface area (Å²) in [4.78, 5) is 20.1. The topological polar surface area (TPSA) is 54.9 Å². The van der Waals surface area contributed by atoms with Crippen molar-refractivity contribution in [3.05, 3.63) is 51.5 Å². The van der Waals surface area contributed by atoms with Crippen molar-refractivity contribution < 1.29 is 9.18 Å². The van der Waals surface area contributed by atoms with E-state index in [1.54, 1.807) is 19.9 Å². The van der Waals surface area contributed by atoms with Crippen molar-refractivity contribution in [2.45, 2.75) is 13.8 Å². The molecule has 2 aromatic rings. The summed E-state index contributed by atoms with van der Waals surface area (Å²) in [5.74, 6) is -1.00. The summed E-state index contributed by atoms with van der Waals surface area (Å²) >= 11 is 3.20. The maximum atomic E-state index is 13.6. The molecule has 0 atom stereocenters. The Morgan fingerprint density at radius 2 is 1.84 bits per heavy atom. The number of aryl methyl sites for hydroxylation is 2. The Bertz CT molecular complexity index is 626. The SMILES string of the molecule is Cc1cc(C)nc(NC(=O)c2cc(Br)ccc2F)n1. The number of amides is 1. The molecule has 1 aromatic carbocycles. The Morgan fingerprint density at radius 3 is 2.47 bits per heavy atom. The molecular weight excluding hydrogens is 313 g/mol. The van der Waals surface area contributed by atoms with Crippen LogP contribution < -0.4 is 5.32 Å². The molecule has 98 valence electrons. The summed E-state index contributed by atoms with van der Waals surface area (Å²) in [6.07, 6.45) is 0. The molecule has 1 amide bonds. The highest BCUT2D eigenvalue weighted by atomic mass is 79.9. The van der Waals surface area contributed by atoms with E-state index in [0.29, 0.717) is 4.47 Å². The van der Waals surface area contributed by atoms with Crippen molar-refractivity contribution in [3.63, 3.8) is 0 Å². The fourth-order valence-corrected chi connectivity index (χ4v) is 1.98. The van der Waals surface area contributed by atoms with Crippen LogP contribution in [0.5, 0.6) is 0 Å². The molecule has 0 bridgehead atoms. The third-order valence-corrected chi connectivity index (χ3v) is 2.87. The summed E-state index contributed by atoms with van der Waals surface area (Å²) in [6.45, 7) is 3.59. The number of carbonyl (C=O) groups is 1. The van der Waals surface area contributed by atoms with E-state index in [1.165, 1.54) is 18.2 Å². The maximum Gasteiger partial charge on any atom is 0.261 e. The van der Waals surface area contributed by atoms with Gasteiger partial charge in [0.1, 0.15) is 5.82 Å². The molecule has 0 aliphatic rings. The molecule has 0 spiro atoms. The second-order valence-corrected chi connectivity index (χ2v) is 4.97. The highest BCUT2D eigenvalue weighted by molar-refractivity contribution is 9.10. The number of halogens is 2. The lowest BCUT2D eigenvalue weighted by molar-refractivity contribution is 0.102. The third-order valence-electron chi connectivity index (χ3n) is 2.38. The van der Waals surface area contributed by atoms with Gasteiger partial charge in [-0.1, -0.05) is 15.9 Å². The molecule has 0 unspecified atom stereocenters. The number of hydrogen-bond donors (Lipinski definition) is 1. The van der Waals surface area contributed by atoms with Crippen molar-refractivity contribution in [2.75, 3.05) is 5.32 Å². The Kier molecular flexibility index (Phi) is 3.90. The van der Waals surface area contributed by atoms with Gasteiger partial charge in [0.15, 0.2) is 0 Å². The highest BCUT2D eigenvalue weighted by Gasteiger charge is 2.13. The molecular formula is C13H11BrFN3O. The lowest BCUT2D eigenvalue weighted by Crippen LogP contribution is -2.16. The first kappa shape index (κ1) is 13.6. The Balaban J connectivity index is 2.28. The predicted octanol–water partition coefficient (Wildman–Crippen LogP) is 3.25. The van der Waals surface area contributed by atoms with Crippen LogP contribution in [-0.4, -0.2) is 15.9 Å². The Morgan fingerprint density at radius 1 is 1.21 bits per heavy atom. The van der Waals surface area contributed by atoms with Gasteiger partial charge in [-0.25, -0.2) is 14.4 Å². The molecule has 19 heavy (non-hydrogen) atoms. The quantitative estimate of drug-likeness (QED) is 0.923. The summed E-state index contributed by atoms with van der Waals surface area (Å²) < 4.78 is 14.2. The molecule has 0 saturated heterocycles. The molecule has 0 aliphatic heterocycles. The van der Waals surface area contributed by atoms with Crippen LogP contribution in [-0.2, 0) is 0 Å². The van der Waals surface area contributed by atoms with E-state index in [-0.39, 0.29) is 11.5 Å². The minimum atomic E-state index is -0.593. The standard InChI is InChI=1S/C13H11BrFN3O/c1-7-5-8(2)17-13(16-7)18-12(19)10-6-9(14)3-4-11(10)15/h3-6H,1-2H3,(H,16,17,18,19). The number of benzene rings is 1. The summed E-state index contributed by atoms with van der Waals surface area (Å²) in [7, 11) is 0. The average Bonchev–Trinajstić information content (AvgIpc) is 2.30. The predicted molar refractivity (Wildman–Crippen MR) is 73.6 cm³/mol. The smallest absolute Gasteiger partial charge is 0.261 e. The number of rotatable bonds is 2. The van der Waals surface area contributed by atoms with Gasteiger partial charge in [-0.2, -0.15) is 0 Å². The average molecular weight is 324 g/mol. The van der Waals surface area contributed by atoms with Gasteiger partial charge < -0.3 is 0 Å². The van der Waals surface area contributed by atoms with Crippen molar-refractivity contribution in [1.82, 2.24) is 9.97 Å². The van der Waals surface area contributed by atoms with Gasteiger partial charge in [-0.15, -0.1) is 0 Å². The number of nitrogens with zero attached hydrogens (tertiary/aromatic N) is 2. The second kappa shape index (κ2) is 5.44. The lowest BCUT2D eigenvalue weighted by Gasteiger charge is -2.06. The van der Waals surface area contributed by atoms with E-state index in [1.807, 2.05) is 0 Å². The summed E-state index contributed by atoms with van der Waals surface area (Å²) in [5, 5.41) is 2.49. The van der Waals surface area contributed by atoms with Crippen LogP contribution in [0.2, 0.25) is 0 Å². The minimum absolute atomic E-state index is 0.0582. The van der Waals surface area contributed by atoms with Gasteiger partial charge in [0.05, 0.1) is 5.56 Å². The molecule has 0 radical (unpaired) electrons. The van der Waals surface area contributed by atoms with Crippen molar-refractivity contribution in [1.29, 1.82) is 0 Å². The van der Waals surface area contributed by atoms with E-state index in [9.17, 15) is 9.18 Å². The van der Waals surface area contributed by atoms with E-state index < -0.39 is 11.7 Å². The van der Waals surface area contributed by atoms with E-state index in [2.05, 4.69) is 31.2 Å². The fraction of sp³-hybridized carbons (Fsp3) is 0.154. The van der Waals surface area contributed by atoms with Crippen molar-refractivity contribution in [2.24, 2.45) is 0 Å². The molecule has 0 fully saturated rings. The second-order valence-electron chi connectivity index (χ2n) is 4.05. The number of aromatic nitrogens is 2. The van der Waals surface area contributed by atoms with Gasteiger partial charge in [0.25, 0.3) is 5.91 Å². The van der Waals surface area contributed by atoms with Crippen LogP contribution in [0.4, 0.5) is 10.3 Å². The first-order valence-corrected chi connectivity index (χ1v) is 6.33. The van der Waals surface area contributed by atoms with Gasteiger partial charge in [-0.3, -0.25) is 10.1 Å². The van der Waals surface area contributed by atoms with Crippen LogP contribution >= 0.6 is 15.9 Å². The number of hydrogen-bond acceptors (Lipinski definition) is 3. The van der Waals surface area contributed by atoms with Crippen molar-refractivity contribution >= 4 is 27.8 Å². The largest absolute Gasteiger partial charge is 0.290 e. The van der Waals surface area contributed by atoms with E-state index in [0.717, 1.165) is 11.4 Å². The zero-order valence-corrected chi connectivity index (χ0v) is 12.0. The number of carbonyl (C=O) groups excluding carboxylic acids is 1. The van der Waals surface area contributed by atoms with E-state index >= 15 is 0 Å². The molecule has 6 heteroatoms. The molecule has 2 rings (SSSR count). The summed E-state index contributed by atoms with van der Waals surface area (Å²) in [5.41, 5.74) is 1.41. The van der Waals surface area contributed by atoms with Gasteiger partial charge in [0.2, 0.25) is 5.95 Å². The molecule has 4 nitrogen and oxygen atoms in total. The number of nitrogens with one attached hydrogen (secondary N) is 1. The van der Waals surface area contributed by atoms with Crippen LogP contribution in [0.1, 0.15) is 21.7 Å². The monoisotopic (exact) mass is 323 g/mol. The van der Waals surface area contributed by atoms with Crippen LogP contribution in [0.25, 0.3) is 0 Å². The Hall–Kier alpha value is -1.82. The maximum absolute atomic E-state index is 13.6. The zero-order chi connectivity index (χ0) is 14.0. The lowest BCUT2D eigenvalue weighted by atomic mass is 10.2. The molecule has 1 heterocycles. The first-order chi connectivity index (χ1) is 8.95. The van der Waals surface area contributed by atoms with Crippen LogP contribution in [0, 0.1) is 19.7 Å². The minimum Gasteiger partial charge on any atom is -0.290 e. The first-order valence-electron chi connectivity index (χ1n) is 5.54. The fourth-order valence-electron chi connectivity index (χ4n) is 1.62. The summed E-state index contributed by atoms with van der Waals surface area (Å²) in [6, 6.07) is 5.95. The van der Waals surface area contributed by atoms with Crippen LogP contribution in [0.3, 0.4) is 0 Å². The molecule has 0 aliphatic carbocycles. The Labute approximate surface area is 118 Å².